The number of carbonyl (C=O) groups excluding carboxylic acids is 1. The normalized spacial score (nSPS) is 10.0. The SMILES string of the molecule is COCCNC(=O)CNc1ccc(Oc2ccccc2)cc1. The largest absolute Gasteiger partial charge is 0.457 e. The van der Waals surface area contributed by atoms with Crippen molar-refractivity contribution in [2.45, 2.75) is 0 Å². The van der Waals surface area contributed by atoms with E-state index in [9.17, 15) is 4.79 Å². The van der Waals surface area contributed by atoms with Crippen LogP contribution in [0.15, 0.2) is 54.6 Å². The van der Waals surface area contributed by atoms with Crippen LogP contribution in [0.2, 0.25) is 0 Å². The van der Waals surface area contributed by atoms with Crippen LogP contribution in [-0.4, -0.2) is 32.7 Å². The summed E-state index contributed by atoms with van der Waals surface area (Å²) in [7, 11) is 1.60. The molecular formula is C17H20N2O3. The summed E-state index contributed by atoms with van der Waals surface area (Å²) in [5.41, 5.74) is 0.863. The average Bonchev–Trinajstić information content (AvgIpc) is 2.55. The van der Waals surface area contributed by atoms with Crippen molar-refractivity contribution in [2.75, 3.05) is 32.1 Å². The van der Waals surface area contributed by atoms with Gasteiger partial charge in [0, 0.05) is 19.3 Å². The molecule has 0 atom stereocenters. The highest BCUT2D eigenvalue weighted by molar-refractivity contribution is 5.80. The minimum Gasteiger partial charge on any atom is -0.457 e. The van der Waals surface area contributed by atoms with Crippen molar-refractivity contribution in [3.05, 3.63) is 54.6 Å². The van der Waals surface area contributed by atoms with Crippen molar-refractivity contribution in [1.82, 2.24) is 5.32 Å². The molecule has 2 N–H and O–H groups in total. The second-order valence-corrected chi connectivity index (χ2v) is 4.64. The van der Waals surface area contributed by atoms with Crippen LogP contribution in [-0.2, 0) is 9.53 Å². The van der Waals surface area contributed by atoms with Crippen molar-refractivity contribution in [3.63, 3.8) is 0 Å². The van der Waals surface area contributed by atoms with E-state index in [1.54, 1.807) is 7.11 Å². The zero-order valence-corrected chi connectivity index (χ0v) is 12.5. The van der Waals surface area contributed by atoms with Crippen LogP contribution in [0.25, 0.3) is 0 Å². The Labute approximate surface area is 130 Å². The highest BCUT2D eigenvalue weighted by Gasteiger charge is 2.01. The lowest BCUT2D eigenvalue weighted by Gasteiger charge is -2.09. The highest BCUT2D eigenvalue weighted by atomic mass is 16.5. The first-order valence-electron chi connectivity index (χ1n) is 7.10. The summed E-state index contributed by atoms with van der Waals surface area (Å²) in [5, 5.41) is 5.80. The van der Waals surface area contributed by atoms with Gasteiger partial charge in [-0.1, -0.05) is 18.2 Å². The highest BCUT2D eigenvalue weighted by Crippen LogP contribution is 2.22. The molecule has 2 rings (SSSR count). The Balaban J connectivity index is 1.78. The smallest absolute Gasteiger partial charge is 0.239 e. The van der Waals surface area contributed by atoms with Gasteiger partial charge in [0.2, 0.25) is 5.91 Å². The second-order valence-electron chi connectivity index (χ2n) is 4.64. The number of methoxy groups -OCH3 is 1. The van der Waals surface area contributed by atoms with Gasteiger partial charge in [0.1, 0.15) is 11.5 Å². The fourth-order valence-corrected chi connectivity index (χ4v) is 1.80. The zero-order valence-electron chi connectivity index (χ0n) is 12.5. The van der Waals surface area contributed by atoms with Crippen LogP contribution in [0, 0.1) is 0 Å². The first-order chi connectivity index (χ1) is 10.8. The summed E-state index contributed by atoms with van der Waals surface area (Å²) in [6.45, 7) is 1.25. The number of nitrogens with one attached hydrogen (secondary N) is 2. The van der Waals surface area contributed by atoms with Crippen molar-refractivity contribution < 1.29 is 14.3 Å². The summed E-state index contributed by atoms with van der Waals surface area (Å²) < 4.78 is 10.6. The molecule has 0 saturated heterocycles. The maximum atomic E-state index is 11.5. The molecule has 0 fully saturated rings. The van der Waals surface area contributed by atoms with Crippen LogP contribution in [0.4, 0.5) is 5.69 Å². The second kappa shape index (κ2) is 8.69. The molecule has 0 saturated carbocycles. The average molecular weight is 300 g/mol. The number of rotatable bonds is 8. The fraction of sp³-hybridized carbons (Fsp3) is 0.235. The third kappa shape index (κ3) is 5.46. The summed E-state index contributed by atoms with van der Waals surface area (Å²) in [5.74, 6) is 1.48. The third-order valence-corrected chi connectivity index (χ3v) is 2.91. The van der Waals surface area contributed by atoms with E-state index >= 15 is 0 Å². The molecule has 0 aliphatic carbocycles. The number of benzene rings is 2. The van der Waals surface area contributed by atoms with Crippen molar-refractivity contribution in [3.8, 4) is 11.5 Å². The van der Waals surface area contributed by atoms with Gasteiger partial charge in [-0.25, -0.2) is 0 Å². The van der Waals surface area contributed by atoms with E-state index in [2.05, 4.69) is 10.6 Å². The molecule has 0 unspecified atom stereocenters. The lowest BCUT2D eigenvalue weighted by atomic mass is 10.3. The number of hydrogen-bond acceptors (Lipinski definition) is 4. The van der Waals surface area contributed by atoms with Gasteiger partial charge in [-0.2, -0.15) is 0 Å². The molecule has 116 valence electrons. The van der Waals surface area contributed by atoms with E-state index < -0.39 is 0 Å². The summed E-state index contributed by atoms with van der Waals surface area (Å²) in [6.07, 6.45) is 0. The number of amides is 1. The molecule has 0 aliphatic heterocycles. The maximum Gasteiger partial charge on any atom is 0.239 e. The molecule has 22 heavy (non-hydrogen) atoms. The first-order valence-corrected chi connectivity index (χ1v) is 7.10. The predicted molar refractivity (Wildman–Crippen MR) is 86.3 cm³/mol. The quantitative estimate of drug-likeness (QED) is 0.736. The van der Waals surface area contributed by atoms with Gasteiger partial charge in [0.25, 0.3) is 0 Å². The lowest BCUT2D eigenvalue weighted by molar-refractivity contribution is -0.119. The van der Waals surface area contributed by atoms with Crippen LogP contribution < -0.4 is 15.4 Å². The molecule has 0 bridgehead atoms. The summed E-state index contributed by atoms with van der Waals surface area (Å²) >= 11 is 0. The minimum absolute atomic E-state index is 0.0679. The molecular weight excluding hydrogens is 280 g/mol. The predicted octanol–water partition coefficient (Wildman–Crippen LogP) is 2.65. The van der Waals surface area contributed by atoms with Gasteiger partial charge < -0.3 is 20.1 Å². The van der Waals surface area contributed by atoms with Gasteiger partial charge in [0.05, 0.1) is 13.2 Å². The molecule has 0 aliphatic rings. The number of para-hydroxylation sites is 1. The van der Waals surface area contributed by atoms with Crippen LogP contribution in [0.1, 0.15) is 0 Å². The van der Waals surface area contributed by atoms with Crippen molar-refractivity contribution >= 4 is 11.6 Å². The van der Waals surface area contributed by atoms with Gasteiger partial charge in [0.15, 0.2) is 0 Å². The van der Waals surface area contributed by atoms with E-state index in [0.717, 1.165) is 17.2 Å². The van der Waals surface area contributed by atoms with Crippen molar-refractivity contribution in [2.24, 2.45) is 0 Å². The Bertz CT molecular complexity index is 570. The van der Waals surface area contributed by atoms with Gasteiger partial charge in [-0.3, -0.25) is 4.79 Å². The molecule has 2 aromatic carbocycles. The Hall–Kier alpha value is -2.53. The Morgan fingerprint density at radius 1 is 1.00 bits per heavy atom. The third-order valence-electron chi connectivity index (χ3n) is 2.91. The number of anilines is 1. The van der Waals surface area contributed by atoms with E-state index in [0.29, 0.717) is 13.2 Å². The van der Waals surface area contributed by atoms with Crippen LogP contribution >= 0.6 is 0 Å². The zero-order chi connectivity index (χ0) is 15.6. The molecule has 0 spiro atoms. The van der Waals surface area contributed by atoms with Crippen LogP contribution in [0.3, 0.4) is 0 Å². The summed E-state index contributed by atoms with van der Waals surface area (Å²) in [4.78, 5) is 11.5. The number of ether oxygens (including phenoxy) is 2. The van der Waals surface area contributed by atoms with Gasteiger partial charge in [-0.05, 0) is 36.4 Å². The van der Waals surface area contributed by atoms with E-state index in [-0.39, 0.29) is 12.5 Å². The minimum atomic E-state index is -0.0679. The molecule has 0 heterocycles. The maximum absolute atomic E-state index is 11.5. The fourth-order valence-electron chi connectivity index (χ4n) is 1.80. The topological polar surface area (TPSA) is 59.6 Å². The number of hydrogen-bond donors (Lipinski definition) is 2. The van der Waals surface area contributed by atoms with Gasteiger partial charge in [-0.15, -0.1) is 0 Å². The van der Waals surface area contributed by atoms with Gasteiger partial charge >= 0.3 is 0 Å². The van der Waals surface area contributed by atoms with E-state index in [1.807, 2.05) is 54.6 Å². The molecule has 0 radical (unpaired) electrons. The molecule has 5 heteroatoms. The monoisotopic (exact) mass is 300 g/mol. The molecule has 5 nitrogen and oxygen atoms in total. The lowest BCUT2D eigenvalue weighted by Crippen LogP contribution is -2.32. The molecule has 2 aromatic rings. The number of carbonyl (C=O) groups is 1. The van der Waals surface area contributed by atoms with E-state index in [1.165, 1.54) is 0 Å². The Kier molecular flexibility index (Phi) is 6.26. The van der Waals surface area contributed by atoms with Crippen LogP contribution in [0.5, 0.6) is 11.5 Å². The first kappa shape index (κ1) is 15.9. The Morgan fingerprint density at radius 3 is 2.36 bits per heavy atom. The summed E-state index contributed by atoms with van der Waals surface area (Å²) in [6, 6.07) is 17.1. The Morgan fingerprint density at radius 2 is 1.68 bits per heavy atom. The van der Waals surface area contributed by atoms with Crippen molar-refractivity contribution in [1.29, 1.82) is 0 Å². The standard InChI is InChI=1S/C17H20N2O3/c1-21-12-11-18-17(20)13-19-14-7-9-16(10-8-14)22-15-5-3-2-4-6-15/h2-10,19H,11-13H2,1H3,(H,18,20). The molecule has 1 amide bonds. The molecule has 0 aromatic heterocycles. The van der Waals surface area contributed by atoms with E-state index in [4.69, 9.17) is 9.47 Å².